The molecule has 3 rings (SSSR count). The van der Waals surface area contributed by atoms with E-state index >= 15 is 0 Å². The number of nitrogens with zero attached hydrogens (tertiary/aromatic N) is 3. The zero-order chi connectivity index (χ0) is 15.5. The van der Waals surface area contributed by atoms with Gasteiger partial charge in [-0.05, 0) is 30.7 Å². The Morgan fingerprint density at radius 1 is 1.00 bits per heavy atom. The van der Waals surface area contributed by atoms with Crippen molar-refractivity contribution in [2.75, 3.05) is 5.73 Å². The summed E-state index contributed by atoms with van der Waals surface area (Å²) in [6.07, 6.45) is 1.69. The van der Waals surface area contributed by atoms with Crippen LogP contribution in [0.5, 0.6) is 0 Å². The van der Waals surface area contributed by atoms with Crippen LogP contribution >= 0.6 is 0 Å². The molecule has 0 bridgehead atoms. The largest absolute Gasteiger partial charge is 0.383 e. The maximum absolute atomic E-state index is 9.38. The number of nitriles is 1. The lowest BCUT2D eigenvalue weighted by atomic mass is 9.99. The van der Waals surface area contributed by atoms with E-state index < -0.39 is 0 Å². The minimum atomic E-state index is 0.226. The fourth-order valence-electron chi connectivity index (χ4n) is 2.40. The van der Waals surface area contributed by atoms with Gasteiger partial charge >= 0.3 is 0 Å². The van der Waals surface area contributed by atoms with E-state index in [0.29, 0.717) is 16.8 Å². The van der Waals surface area contributed by atoms with Crippen molar-refractivity contribution in [3.05, 3.63) is 65.9 Å². The first kappa shape index (κ1) is 13.8. The first-order valence-electron chi connectivity index (χ1n) is 6.88. The summed E-state index contributed by atoms with van der Waals surface area (Å²) in [6.45, 7) is 2.02. The summed E-state index contributed by atoms with van der Waals surface area (Å²) in [4.78, 5) is 8.71. The van der Waals surface area contributed by atoms with Gasteiger partial charge in [-0.3, -0.25) is 4.98 Å². The van der Waals surface area contributed by atoms with Crippen LogP contribution in [0.25, 0.3) is 22.5 Å². The normalized spacial score (nSPS) is 10.2. The molecule has 2 heterocycles. The molecule has 2 N–H and O–H groups in total. The Hall–Kier alpha value is -3.19. The quantitative estimate of drug-likeness (QED) is 0.781. The van der Waals surface area contributed by atoms with Crippen molar-refractivity contribution >= 4 is 5.82 Å². The van der Waals surface area contributed by atoms with Crippen molar-refractivity contribution in [1.29, 1.82) is 5.26 Å². The molecule has 2 aromatic heterocycles. The van der Waals surface area contributed by atoms with Gasteiger partial charge in [0.2, 0.25) is 0 Å². The van der Waals surface area contributed by atoms with Crippen LogP contribution in [0.1, 0.15) is 11.1 Å². The van der Waals surface area contributed by atoms with Crippen LogP contribution < -0.4 is 5.73 Å². The molecular weight excluding hydrogens is 272 g/mol. The van der Waals surface area contributed by atoms with Gasteiger partial charge in [0, 0.05) is 17.3 Å². The van der Waals surface area contributed by atoms with E-state index in [0.717, 1.165) is 16.8 Å². The fourth-order valence-corrected chi connectivity index (χ4v) is 2.40. The Morgan fingerprint density at radius 3 is 2.45 bits per heavy atom. The standard InChI is InChI=1S/C18H14N4/c1-12-6-2-3-7-13(12)17-10-14(15(11-19)18(20)22-17)16-8-4-5-9-21-16/h2-10H,1H3,(H2,20,22). The highest BCUT2D eigenvalue weighted by Crippen LogP contribution is 2.31. The monoisotopic (exact) mass is 286 g/mol. The van der Waals surface area contributed by atoms with E-state index in [9.17, 15) is 5.26 Å². The van der Waals surface area contributed by atoms with E-state index in [1.54, 1.807) is 6.20 Å². The highest BCUT2D eigenvalue weighted by atomic mass is 14.9. The first-order valence-corrected chi connectivity index (χ1v) is 6.88. The molecule has 0 saturated carbocycles. The van der Waals surface area contributed by atoms with Crippen LogP contribution in [-0.4, -0.2) is 9.97 Å². The zero-order valence-corrected chi connectivity index (χ0v) is 12.1. The van der Waals surface area contributed by atoms with Crippen molar-refractivity contribution in [1.82, 2.24) is 9.97 Å². The number of benzene rings is 1. The maximum atomic E-state index is 9.38. The molecule has 4 nitrogen and oxygen atoms in total. The van der Waals surface area contributed by atoms with Crippen LogP contribution in [0.3, 0.4) is 0 Å². The topological polar surface area (TPSA) is 75.6 Å². The average molecular weight is 286 g/mol. The summed E-state index contributed by atoms with van der Waals surface area (Å²) in [5.41, 5.74) is 10.6. The summed E-state index contributed by atoms with van der Waals surface area (Å²) in [7, 11) is 0. The Morgan fingerprint density at radius 2 is 1.77 bits per heavy atom. The lowest BCUT2D eigenvalue weighted by molar-refractivity contribution is 1.27. The second kappa shape index (κ2) is 5.66. The second-order valence-corrected chi connectivity index (χ2v) is 4.96. The molecule has 0 aliphatic rings. The highest BCUT2D eigenvalue weighted by molar-refractivity contribution is 5.79. The smallest absolute Gasteiger partial charge is 0.142 e. The SMILES string of the molecule is Cc1ccccc1-c1cc(-c2ccccn2)c(C#N)c(N)n1. The van der Waals surface area contributed by atoms with Crippen LogP contribution in [0.4, 0.5) is 5.82 Å². The first-order chi connectivity index (χ1) is 10.7. The molecule has 0 amide bonds. The fraction of sp³-hybridized carbons (Fsp3) is 0.0556. The number of rotatable bonds is 2. The van der Waals surface area contributed by atoms with Crippen molar-refractivity contribution in [3.8, 4) is 28.6 Å². The van der Waals surface area contributed by atoms with E-state index in [4.69, 9.17) is 5.73 Å². The van der Waals surface area contributed by atoms with Gasteiger partial charge in [0.25, 0.3) is 0 Å². The minimum absolute atomic E-state index is 0.226. The van der Waals surface area contributed by atoms with E-state index in [1.165, 1.54) is 0 Å². The molecule has 0 radical (unpaired) electrons. The van der Waals surface area contributed by atoms with E-state index in [2.05, 4.69) is 16.0 Å². The highest BCUT2D eigenvalue weighted by Gasteiger charge is 2.14. The van der Waals surface area contributed by atoms with Crippen molar-refractivity contribution < 1.29 is 0 Å². The molecule has 0 spiro atoms. The summed E-state index contributed by atoms with van der Waals surface area (Å²) < 4.78 is 0. The molecule has 4 heteroatoms. The molecule has 0 aliphatic carbocycles. The van der Waals surface area contributed by atoms with Gasteiger partial charge in [-0.15, -0.1) is 0 Å². The second-order valence-electron chi connectivity index (χ2n) is 4.96. The van der Waals surface area contributed by atoms with Crippen molar-refractivity contribution in [3.63, 3.8) is 0 Å². The third-order valence-corrected chi connectivity index (χ3v) is 3.52. The molecule has 22 heavy (non-hydrogen) atoms. The van der Waals surface area contributed by atoms with Crippen LogP contribution in [-0.2, 0) is 0 Å². The third-order valence-electron chi connectivity index (χ3n) is 3.52. The number of nitrogen functional groups attached to an aromatic ring is 1. The maximum Gasteiger partial charge on any atom is 0.142 e. The lowest BCUT2D eigenvalue weighted by Crippen LogP contribution is -2.01. The van der Waals surface area contributed by atoms with E-state index in [-0.39, 0.29) is 5.82 Å². The summed E-state index contributed by atoms with van der Waals surface area (Å²) >= 11 is 0. The van der Waals surface area contributed by atoms with Gasteiger partial charge < -0.3 is 5.73 Å². The van der Waals surface area contributed by atoms with Gasteiger partial charge in [0.05, 0.1) is 11.4 Å². The van der Waals surface area contributed by atoms with Gasteiger partial charge in [-0.25, -0.2) is 4.98 Å². The van der Waals surface area contributed by atoms with Gasteiger partial charge in [-0.1, -0.05) is 30.3 Å². The Bertz CT molecular complexity index is 864. The zero-order valence-electron chi connectivity index (χ0n) is 12.1. The molecule has 0 unspecified atom stereocenters. The predicted molar refractivity (Wildman–Crippen MR) is 86.8 cm³/mol. The Balaban J connectivity index is 2.27. The molecule has 0 fully saturated rings. The molecule has 1 aromatic carbocycles. The summed E-state index contributed by atoms with van der Waals surface area (Å²) in [6, 6.07) is 17.5. The molecule has 106 valence electrons. The summed E-state index contributed by atoms with van der Waals surface area (Å²) in [5.74, 6) is 0.226. The average Bonchev–Trinajstić information content (AvgIpc) is 2.55. The van der Waals surface area contributed by atoms with Gasteiger partial charge in [0.15, 0.2) is 0 Å². The number of nitrogens with two attached hydrogens (primary N) is 1. The number of aromatic nitrogens is 2. The van der Waals surface area contributed by atoms with Crippen molar-refractivity contribution in [2.45, 2.75) is 6.92 Å². The number of hydrogen-bond acceptors (Lipinski definition) is 4. The van der Waals surface area contributed by atoms with Crippen LogP contribution in [0, 0.1) is 18.3 Å². The Labute approximate surface area is 128 Å². The van der Waals surface area contributed by atoms with Crippen LogP contribution in [0.15, 0.2) is 54.7 Å². The predicted octanol–water partition coefficient (Wildman–Crippen LogP) is 3.57. The molecule has 0 atom stereocenters. The molecule has 3 aromatic rings. The molecule has 0 aliphatic heterocycles. The van der Waals surface area contributed by atoms with Crippen LogP contribution in [0.2, 0.25) is 0 Å². The van der Waals surface area contributed by atoms with Crippen molar-refractivity contribution in [2.24, 2.45) is 0 Å². The lowest BCUT2D eigenvalue weighted by Gasteiger charge is -2.11. The number of hydrogen-bond donors (Lipinski definition) is 1. The van der Waals surface area contributed by atoms with E-state index in [1.807, 2.05) is 55.5 Å². The number of pyridine rings is 2. The third kappa shape index (κ3) is 2.40. The minimum Gasteiger partial charge on any atom is -0.383 e. The van der Waals surface area contributed by atoms with Gasteiger partial charge in [-0.2, -0.15) is 5.26 Å². The Kier molecular flexibility index (Phi) is 3.55. The molecule has 0 saturated heterocycles. The summed E-state index contributed by atoms with van der Waals surface area (Å²) in [5, 5.41) is 9.38. The molecular formula is C18H14N4. The van der Waals surface area contributed by atoms with Gasteiger partial charge in [0.1, 0.15) is 17.5 Å². The number of aryl methyl sites for hydroxylation is 1. The number of anilines is 1.